The fraction of sp³-hybridized carbons (Fsp3) is 0.292. The number of carbonyl (C=O) groups is 2. The van der Waals surface area contributed by atoms with Crippen molar-refractivity contribution in [2.24, 2.45) is 0 Å². The van der Waals surface area contributed by atoms with Crippen molar-refractivity contribution >= 4 is 47.0 Å². The molecule has 0 radical (unpaired) electrons. The highest BCUT2D eigenvalue weighted by atomic mass is 35.5. The molecule has 3 N–H and O–H groups in total. The van der Waals surface area contributed by atoms with Gasteiger partial charge in [-0.2, -0.15) is 16.4 Å². The van der Waals surface area contributed by atoms with E-state index in [4.69, 9.17) is 16.7 Å². The molecule has 0 aliphatic heterocycles. The molecule has 0 saturated carbocycles. The molecule has 9 nitrogen and oxygen atoms in total. The average Bonchev–Trinajstić information content (AvgIpc) is 3.34. The zero-order valence-electron chi connectivity index (χ0n) is 19.6. The fourth-order valence-corrected chi connectivity index (χ4v) is 4.11. The first-order chi connectivity index (χ1) is 16.6. The van der Waals surface area contributed by atoms with Gasteiger partial charge >= 0.3 is 5.97 Å². The van der Waals surface area contributed by atoms with Gasteiger partial charge < -0.3 is 15.7 Å². The van der Waals surface area contributed by atoms with E-state index in [2.05, 4.69) is 46.9 Å². The molecule has 3 rings (SSSR count). The van der Waals surface area contributed by atoms with Crippen molar-refractivity contribution in [1.82, 2.24) is 25.5 Å². The lowest BCUT2D eigenvalue weighted by atomic mass is 10.1. The fourth-order valence-electron chi connectivity index (χ4n) is 3.03. The maximum Gasteiger partial charge on any atom is 0.335 e. The molecular formula is C24H27ClN6O3S. The summed E-state index contributed by atoms with van der Waals surface area (Å²) in [6.45, 7) is 6.83. The van der Waals surface area contributed by atoms with E-state index >= 15 is 0 Å². The molecule has 1 aromatic heterocycles. The predicted molar refractivity (Wildman–Crippen MR) is 139 cm³/mol. The summed E-state index contributed by atoms with van der Waals surface area (Å²) in [7, 11) is 0. The van der Waals surface area contributed by atoms with Crippen LogP contribution in [0.15, 0.2) is 54.9 Å². The topological polar surface area (TPSA) is 122 Å². The second-order valence-corrected chi connectivity index (χ2v) is 11.0. The number of carboxylic acid groups (broad SMARTS) is 1. The van der Waals surface area contributed by atoms with Gasteiger partial charge in [0.25, 0.3) is 0 Å². The Hall–Kier alpha value is -3.37. The van der Waals surface area contributed by atoms with Gasteiger partial charge in [-0.25, -0.2) is 4.79 Å². The van der Waals surface area contributed by atoms with Crippen LogP contribution in [0.5, 0.6) is 0 Å². The monoisotopic (exact) mass is 514 g/mol. The molecule has 0 unspecified atom stereocenters. The Labute approximate surface area is 212 Å². The number of thioether (sulfide) groups is 1. The maximum atomic E-state index is 12.8. The number of aromatic nitrogens is 4. The second-order valence-electron chi connectivity index (χ2n) is 8.68. The van der Waals surface area contributed by atoms with E-state index in [9.17, 15) is 9.59 Å². The molecular weight excluding hydrogens is 488 g/mol. The summed E-state index contributed by atoms with van der Waals surface area (Å²) >= 11 is 7.89. The Balaban J connectivity index is 1.68. The van der Waals surface area contributed by atoms with Crippen molar-refractivity contribution in [3.63, 3.8) is 0 Å². The van der Waals surface area contributed by atoms with Gasteiger partial charge in [-0.05, 0) is 59.0 Å². The quantitative estimate of drug-likeness (QED) is 0.345. The predicted octanol–water partition coefficient (Wildman–Crippen LogP) is 4.16. The minimum atomic E-state index is -0.974. The van der Waals surface area contributed by atoms with Crippen LogP contribution in [0.1, 0.15) is 36.7 Å². The van der Waals surface area contributed by atoms with Gasteiger partial charge in [-0.15, -0.1) is 5.10 Å². The lowest BCUT2D eigenvalue weighted by Crippen LogP contribution is -2.41. The molecule has 3 aromatic rings. The zero-order valence-corrected chi connectivity index (χ0v) is 21.2. The lowest BCUT2D eigenvalue weighted by Gasteiger charge is -2.24. The van der Waals surface area contributed by atoms with Crippen LogP contribution in [0.2, 0.25) is 5.02 Å². The van der Waals surface area contributed by atoms with Crippen LogP contribution in [0.25, 0.3) is 11.8 Å². The Kier molecular flexibility index (Phi) is 8.89. The third-order valence-corrected chi connectivity index (χ3v) is 6.42. The van der Waals surface area contributed by atoms with Crippen molar-refractivity contribution < 1.29 is 14.7 Å². The average molecular weight is 515 g/mol. The van der Waals surface area contributed by atoms with E-state index in [0.29, 0.717) is 28.6 Å². The van der Waals surface area contributed by atoms with Crippen molar-refractivity contribution in [2.75, 3.05) is 17.6 Å². The summed E-state index contributed by atoms with van der Waals surface area (Å²) in [5, 5.41) is 27.1. The number of aromatic carboxylic acids is 1. The largest absolute Gasteiger partial charge is 0.478 e. The Morgan fingerprint density at radius 2 is 1.94 bits per heavy atom. The van der Waals surface area contributed by atoms with Gasteiger partial charge in [0.2, 0.25) is 5.91 Å². The van der Waals surface area contributed by atoms with Gasteiger partial charge in [-0.3, -0.25) is 4.79 Å². The molecule has 11 heteroatoms. The number of hydrogen-bond donors (Lipinski definition) is 3. The number of anilines is 1. The van der Waals surface area contributed by atoms with Gasteiger partial charge in [0.05, 0.1) is 17.3 Å². The van der Waals surface area contributed by atoms with Crippen LogP contribution in [0.3, 0.4) is 0 Å². The molecule has 0 saturated heterocycles. The molecule has 0 bridgehead atoms. The Bertz CT molecular complexity index is 1180. The Morgan fingerprint density at radius 1 is 1.20 bits per heavy atom. The number of rotatable bonds is 10. The number of halogens is 1. The van der Waals surface area contributed by atoms with Crippen molar-refractivity contribution in [3.05, 3.63) is 71.0 Å². The number of nitrogens with zero attached hydrogens (tertiary/aromatic N) is 4. The highest BCUT2D eigenvalue weighted by Crippen LogP contribution is 2.24. The van der Waals surface area contributed by atoms with Crippen LogP contribution in [0, 0.1) is 0 Å². The molecule has 184 valence electrons. The third kappa shape index (κ3) is 8.41. The van der Waals surface area contributed by atoms with E-state index in [1.54, 1.807) is 48.2 Å². The van der Waals surface area contributed by atoms with Crippen LogP contribution in [-0.2, 0) is 4.79 Å². The number of tetrazole rings is 1. The summed E-state index contributed by atoms with van der Waals surface area (Å²) in [6.07, 6.45) is 4.59. The van der Waals surface area contributed by atoms with Gasteiger partial charge in [0.15, 0.2) is 0 Å². The number of hydrogen-bond acceptors (Lipinski definition) is 7. The molecule has 35 heavy (non-hydrogen) atoms. The van der Waals surface area contributed by atoms with E-state index in [1.165, 1.54) is 29.2 Å². The summed E-state index contributed by atoms with van der Waals surface area (Å²) in [4.78, 5) is 23.8. The standard InChI is InChI=1S/C24H27ClN6O3S/c1-24(2,3)35-14-20(13-26-19-8-4-16(5-9-19)23(33)34)28-22(32)11-6-17-12-18(25)7-10-21(17)31-15-27-29-30-31/h4-12,15,20,26H,13-14H2,1-3H3,(H,28,32)(H,33,34)/b11-6+/t20-/m1/s1. The summed E-state index contributed by atoms with van der Waals surface area (Å²) in [5.41, 5.74) is 2.37. The Morgan fingerprint density at radius 3 is 2.57 bits per heavy atom. The molecule has 1 heterocycles. The minimum absolute atomic E-state index is 0.0312. The minimum Gasteiger partial charge on any atom is -0.478 e. The zero-order chi connectivity index (χ0) is 25.4. The lowest BCUT2D eigenvalue weighted by molar-refractivity contribution is -0.116. The highest BCUT2D eigenvalue weighted by molar-refractivity contribution is 8.00. The molecule has 0 aliphatic carbocycles. The molecule has 2 aromatic carbocycles. The number of benzene rings is 2. The number of amides is 1. The van der Waals surface area contributed by atoms with Crippen LogP contribution in [0.4, 0.5) is 5.69 Å². The molecule has 0 spiro atoms. The van der Waals surface area contributed by atoms with Gasteiger partial charge in [0, 0.05) is 39.4 Å². The molecule has 0 aliphatic rings. The number of nitrogens with one attached hydrogen (secondary N) is 2. The SMILES string of the molecule is CC(C)(C)SC[C@@H](CNc1ccc(C(=O)O)cc1)NC(=O)/C=C/c1cc(Cl)ccc1-n1cnnn1. The van der Waals surface area contributed by atoms with Gasteiger partial charge in [0.1, 0.15) is 6.33 Å². The van der Waals surface area contributed by atoms with Crippen molar-refractivity contribution in [3.8, 4) is 5.69 Å². The molecule has 0 fully saturated rings. The van der Waals surface area contributed by atoms with Crippen LogP contribution in [-0.4, -0.2) is 60.3 Å². The van der Waals surface area contributed by atoms with E-state index in [-0.39, 0.29) is 22.3 Å². The van der Waals surface area contributed by atoms with E-state index in [1.807, 2.05) is 0 Å². The van der Waals surface area contributed by atoms with E-state index < -0.39 is 5.97 Å². The first-order valence-electron chi connectivity index (χ1n) is 10.8. The number of carboxylic acids is 1. The smallest absolute Gasteiger partial charge is 0.335 e. The second kappa shape index (κ2) is 11.9. The molecule has 1 atom stereocenters. The summed E-state index contributed by atoms with van der Waals surface area (Å²) in [6, 6.07) is 11.6. The first-order valence-corrected chi connectivity index (χ1v) is 12.2. The van der Waals surface area contributed by atoms with Gasteiger partial charge in [-0.1, -0.05) is 32.4 Å². The summed E-state index contributed by atoms with van der Waals surface area (Å²) < 4.78 is 1.53. The number of carbonyl (C=O) groups excluding carboxylic acids is 1. The van der Waals surface area contributed by atoms with Crippen molar-refractivity contribution in [2.45, 2.75) is 31.6 Å². The first kappa shape index (κ1) is 26.2. The molecule has 1 amide bonds. The summed E-state index contributed by atoms with van der Waals surface area (Å²) in [5.74, 6) is -0.538. The van der Waals surface area contributed by atoms with Crippen LogP contribution >= 0.6 is 23.4 Å². The third-order valence-electron chi connectivity index (χ3n) is 4.75. The van der Waals surface area contributed by atoms with Crippen LogP contribution < -0.4 is 10.6 Å². The van der Waals surface area contributed by atoms with E-state index in [0.717, 1.165) is 5.69 Å². The maximum absolute atomic E-state index is 12.8. The highest BCUT2D eigenvalue weighted by Gasteiger charge is 2.17. The normalized spacial score (nSPS) is 12.5. The van der Waals surface area contributed by atoms with Crippen molar-refractivity contribution in [1.29, 1.82) is 0 Å².